The van der Waals surface area contributed by atoms with Crippen LogP contribution in [0.5, 0.6) is 0 Å². The summed E-state index contributed by atoms with van der Waals surface area (Å²) in [6.45, 7) is 5.69. The molecule has 4 nitrogen and oxygen atoms in total. The summed E-state index contributed by atoms with van der Waals surface area (Å²) < 4.78 is 0. The summed E-state index contributed by atoms with van der Waals surface area (Å²) in [6, 6.07) is 10.6. The summed E-state index contributed by atoms with van der Waals surface area (Å²) in [5.41, 5.74) is 4.25. The van der Waals surface area contributed by atoms with Crippen molar-refractivity contribution in [1.82, 2.24) is 14.8 Å². The number of carbonyl (C=O) groups is 1. The number of aromatic nitrogens is 1. The molecule has 1 atom stereocenters. The van der Waals surface area contributed by atoms with Crippen LogP contribution in [0.4, 0.5) is 0 Å². The first kappa shape index (κ1) is 17.1. The van der Waals surface area contributed by atoms with Gasteiger partial charge in [-0.1, -0.05) is 37.3 Å². The fraction of sp³-hybridized carbons (Fsp3) is 0.474. The molecule has 128 valence electrons. The van der Waals surface area contributed by atoms with Crippen LogP contribution < -0.4 is 0 Å². The number of carbonyl (C=O) groups excluding carboxylic acids is 1. The lowest BCUT2D eigenvalue weighted by atomic mass is 10.1. The fourth-order valence-electron chi connectivity index (χ4n) is 3.27. The van der Waals surface area contributed by atoms with Gasteiger partial charge in [-0.3, -0.25) is 4.79 Å². The minimum atomic E-state index is 0.280. The molecule has 0 spiro atoms. The van der Waals surface area contributed by atoms with E-state index in [1.54, 1.807) is 11.3 Å². The lowest BCUT2D eigenvalue weighted by Gasteiger charge is -2.31. The van der Waals surface area contributed by atoms with Gasteiger partial charge in [0.1, 0.15) is 0 Å². The Bertz CT molecular complexity index is 629. The Morgan fingerprint density at radius 1 is 1.29 bits per heavy atom. The van der Waals surface area contributed by atoms with Crippen LogP contribution >= 0.6 is 11.3 Å². The van der Waals surface area contributed by atoms with Crippen molar-refractivity contribution in [3.63, 3.8) is 0 Å². The van der Waals surface area contributed by atoms with Crippen LogP contribution in [0.25, 0.3) is 0 Å². The smallest absolute Gasteiger partial charge is 0.224 e. The van der Waals surface area contributed by atoms with E-state index < -0.39 is 0 Å². The van der Waals surface area contributed by atoms with Gasteiger partial charge >= 0.3 is 0 Å². The third-order valence-electron chi connectivity index (χ3n) is 4.71. The fourth-order valence-corrected chi connectivity index (χ4v) is 3.87. The van der Waals surface area contributed by atoms with Gasteiger partial charge in [0.2, 0.25) is 5.91 Å². The van der Waals surface area contributed by atoms with Gasteiger partial charge < -0.3 is 9.80 Å². The molecule has 1 aromatic heterocycles. The second-order valence-corrected chi connectivity index (χ2v) is 7.07. The molecule has 2 heterocycles. The Labute approximate surface area is 148 Å². The van der Waals surface area contributed by atoms with E-state index in [4.69, 9.17) is 0 Å². The first-order valence-electron chi connectivity index (χ1n) is 8.69. The largest absolute Gasteiger partial charge is 0.334 e. The van der Waals surface area contributed by atoms with E-state index in [-0.39, 0.29) is 11.9 Å². The number of nitrogens with zero attached hydrogens (tertiary/aromatic N) is 3. The zero-order valence-corrected chi connectivity index (χ0v) is 15.0. The van der Waals surface area contributed by atoms with Gasteiger partial charge in [-0.2, -0.15) is 0 Å². The minimum absolute atomic E-state index is 0.280. The van der Waals surface area contributed by atoms with E-state index in [0.29, 0.717) is 6.42 Å². The molecule has 1 aliphatic heterocycles. The average Bonchev–Trinajstić information content (AvgIpc) is 3.08. The normalized spacial score (nSPS) is 19.5. The zero-order valence-electron chi connectivity index (χ0n) is 14.2. The topological polar surface area (TPSA) is 36.4 Å². The van der Waals surface area contributed by atoms with Gasteiger partial charge in [-0.25, -0.2) is 4.98 Å². The molecular weight excluding hydrogens is 318 g/mol. The maximum atomic E-state index is 12.7. The number of hydrogen-bond donors (Lipinski definition) is 0. The predicted octanol–water partition coefficient (Wildman–Crippen LogP) is 3.20. The van der Waals surface area contributed by atoms with Crippen molar-refractivity contribution in [1.29, 1.82) is 0 Å². The average molecular weight is 343 g/mol. The zero-order chi connectivity index (χ0) is 16.8. The highest BCUT2D eigenvalue weighted by molar-refractivity contribution is 7.07. The van der Waals surface area contributed by atoms with E-state index in [1.165, 1.54) is 5.56 Å². The SMILES string of the molecule is CCC1CN(CCc2cscn2)CCC(=O)N1Cc1ccccc1. The van der Waals surface area contributed by atoms with E-state index >= 15 is 0 Å². The Kier molecular flexibility index (Phi) is 5.99. The number of thiazole rings is 1. The van der Waals surface area contributed by atoms with Crippen LogP contribution in [-0.4, -0.2) is 46.4 Å². The highest BCUT2D eigenvalue weighted by Gasteiger charge is 2.28. The summed E-state index contributed by atoms with van der Waals surface area (Å²) in [5.74, 6) is 0.280. The number of rotatable bonds is 6. The van der Waals surface area contributed by atoms with Gasteiger partial charge in [-0.15, -0.1) is 11.3 Å². The van der Waals surface area contributed by atoms with Crippen molar-refractivity contribution in [3.05, 3.63) is 52.5 Å². The molecule has 0 aliphatic carbocycles. The summed E-state index contributed by atoms with van der Waals surface area (Å²) in [6.07, 6.45) is 2.57. The number of hydrogen-bond acceptors (Lipinski definition) is 4. The van der Waals surface area contributed by atoms with Crippen LogP contribution in [0.1, 0.15) is 31.0 Å². The van der Waals surface area contributed by atoms with Crippen molar-refractivity contribution >= 4 is 17.2 Å². The minimum Gasteiger partial charge on any atom is -0.334 e. The quantitative estimate of drug-likeness (QED) is 0.808. The first-order chi connectivity index (χ1) is 11.8. The maximum absolute atomic E-state index is 12.7. The molecular formula is C19H25N3OS. The highest BCUT2D eigenvalue weighted by Crippen LogP contribution is 2.18. The Morgan fingerprint density at radius 3 is 2.83 bits per heavy atom. The second kappa shape index (κ2) is 8.40. The molecule has 1 fully saturated rings. The van der Waals surface area contributed by atoms with Crippen molar-refractivity contribution in [2.75, 3.05) is 19.6 Å². The van der Waals surface area contributed by atoms with Gasteiger partial charge in [0.25, 0.3) is 0 Å². The summed E-state index contributed by atoms with van der Waals surface area (Å²) >= 11 is 1.65. The highest BCUT2D eigenvalue weighted by atomic mass is 32.1. The first-order valence-corrected chi connectivity index (χ1v) is 9.63. The molecule has 1 saturated heterocycles. The van der Waals surface area contributed by atoms with Crippen LogP contribution in [-0.2, 0) is 17.8 Å². The van der Waals surface area contributed by atoms with Gasteiger partial charge in [0.15, 0.2) is 0 Å². The molecule has 24 heavy (non-hydrogen) atoms. The van der Waals surface area contributed by atoms with Crippen LogP contribution in [0.15, 0.2) is 41.2 Å². The van der Waals surface area contributed by atoms with E-state index in [9.17, 15) is 4.79 Å². The molecule has 0 saturated carbocycles. The molecule has 1 aromatic carbocycles. The van der Waals surface area contributed by atoms with Crippen molar-refractivity contribution in [2.24, 2.45) is 0 Å². The second-order valence-electron chi connectivity index (χ2n) is 6.35. The lowest BCUT2D eigenvalue weighted by molar-refractivity contribution is -0.133. The Hall–Kier alpha value is -1.72. The van der Waals surface area contributed by atoms with Crippen LogP contribution in [0, 0.1) is 0 Å². The van der Waals surface area contributed by atoms with Crippen molar-refractivity contribution in [2.45, 2.75) is 38.8 Å². The van der Waals surface area contributed by atoms with Gasteiger partial charge in [0.05, 0.1) is 11.2 Å². The Balaban J connectivity index is 1.64. The predicted molar refractivity (Wildman–Crippen MR) is 97.9 cm³/mol. The third kappa shape index (κ3) is 4.42. The number of amides is 1. The van der Waals surface area contributed by atoms with E-state index in [0.717, 1.165) is 44.7 Å². The van der Waals surface area contributed by atoms with Crippen molar-refractivity contribution < 1.29 is 4.79 Å². The van der Waals surface area contributed by atoms with Crippen molar-refractivity contribution in [3.8, 4) is 0 Å². The molecule has 2 aromatic rings. The standard InChI is InChI=1S/C19H25N3OS/c1-2-18-13-21(10-8-17-14-24-15-20-17)11-9-19(23)22(18)12-16-6-4-3-5-7-16/h3-7,14-15,18H,2,8-13H2,1H3. The van der Waals surface area contributed by atoms with Gasteiger partial charge in [0, 0.05) is 50.4 Å². The van der Waals surface area contributed by atoms with E-state index in [2.05, 4.69) is 39.2 Å². The summed E-state index contributed by atoms with van der Waals surface area (Å²) in [4.78, 5) is 21.5. The summed E-state index contributed by atoms with van der Waals surface area (Å²) in [7, 11) is 0. The molecule has 1 aliphatic rings. The summed E-state index contributed by atoms with van der Waals surface area (Å²) in [5, 5.41) is 2.11. The molecule has 0 bridgehead atoms. The molecule has 1 unspecified atom stereocenters. The Morgan fingerprint density at radius 2 is 2.12 bits per heavy atom. The lowest BCUT2D eigenvalue weighted by Crippen LogP contribution is -2.42. The monoisotopic (exact) mass is 343 g/mol. The maximum Gasteiger partial charge on any atom is 0.224 e. The number of benzene rings is 1. The third-order valence-corrected chi connectivity index (χ3v) is 5.34. The molecule has 1 amide bonds. The molecule has 3 rings (SSSR count). The molecule has 5 heteroatoms. The van der Waals surface area contributed by atoms with Gasteiger partial charge in [-0.05, 0) is 12.0 Å². The van der Waals surface area contributed by atoms with Crippen LogP contribution in [0.2, 0.25) is 0 Å². The molecule has 0 N–H and O–H groups in total. The van der Waals surface area contributed by atoms with Crippen LogP contribution in [0.3, 0.4) is 0 Å². The van der Waals surface area contributed by atoms with E-state index in [1.807, 2.05) is 23.7 Å². The molecule has 0 radical (unpaired) electrons.